The Balaban J connectivity index is 1.67. The predicted octanol–water partition coefficient (Wildman–Crippen LogP) is 4.26. The van der Waals surface area contributed by atoms with E-state index in [1.54, 1.807) is 72.8 Å². The van der Waals surface area contributed by atoms with Crippen LogP contribution in [0.25, 0.3) is 0 Å². The number of nitrogens with one attached hydrogen (secondary N) is 2. The molecule has 0 spiro atoms. The quantitative estimate of drug-likeness (QED) is 0.665. The third-order valence-electron chi connectivity index (χ3n) is 3.56. The van der Waals surface area contributed by atoms with Gasteiger partial charge in [-0.05, 0) is 29.8 Å². The van der Waals surface area contributed by atoms with Crippen LogP contribution in [0.5, 0.6) is 11.5 Å². The first kappa shape index (κ1) is 18.0. The summed E-state index contributed by atoms with van der Waals surface area (Å²) >= 11 is 0. The molecule has 0 unspecified atom stereocenters. The van der Waals surface area contributed by atoms with Gasteiger partial charge in [0.2, 0.25) is 0 Å². The second-order valence-corrected chi connectivity index (χ2v) is 5.54. The van der Waals surface area contributed by atoms with E-state index >= 15 is 0 Å². The second-order valence-electron chi connectivity index (χ2n) is 5.54. The highest BCUT2D eigenvalue weighted by Gasteiger charge is 2.19. The molecular weight excluding hydrogens is 344 g/mol. The fourth-order valence-electron chi connectivity index (χ4n) is 2.33. The van der Waals surface area contributed by atoms with Gasteiger partial charge < -0.3 is 9.47 Å². The van der Waals surface area contributed by atoms with Crippen molar-refractivity contribution in [2.45, 2.75) is 6.17 Å². The van der Waals surface area contributed by atoms with Crippen LogP contribution in [0.1, 0.15) is 11.7 Å². The van der Waals surface area contributed by atoms with Crippen molar-refractivity contribution in [3.63, 3.8) is 0 Å². The van der Waals surface area contributed by atoms with E-state index in [0.717, 1.165) is 0 Å². The Morgan fingerprint density at radius 2 is 0.963 bits per heavy atom. The lowest BCUT2D eigenvalue weighted by Gasteiger charge is -2.20. The van der Waals surface area contributed by atoms with E-state index in [1.807, 2.05) is 18.2 Å². The van der Waals surface area contributed by atoms with Crippen molar-refractivity contribution < 1.29 is 19.1 Å². The van der Waals surface area contributed by atoms with E-state index in [0.29, 0.717) is 17.1 Å². The van der Waals surface area contributed by atoms with Gasteiger partial charge in [-0.25, -0.2) is 9.59 Å². The first-order valence-corrected chi connectivity index (χ1v) is 8.32. The minimum atomic E-state index is -0.821. The lowest BCUT2D eigenvalue weighted by molar-refractivity contribution is 0.182. The van der Waals surface area contributed by atoms with Crippen molar-refractivity contribution in [1.29, 1.82) is 0 Å². The molecule has 0 aliphatic carbocycles. The zero-order chi connectivity index (χ0) is 18.9. The van der Waals surface area contributed by atoms with Crippen molar-refractivity contribution in [1.82, 2.24) is 10.6 Å². The minimum Gasteiger partial charge on any atom is -0.410 e. The van der Waals surface area contributed by atoms with E-state index in [2.05, 4.69) is 10.6 Å². The van der Waals surface area contributed by atoms with Crippen molar-refractivity contribution >= 4 is 12.2 Å². The second kappa shape index (κ2) is 9.05. The Labute approximate surface area is 156 Å². The van der Waals surface area contributed by atoms with Crippen LogP contribution in [0.4, 0.5) is 9.59 Å². The van der Waals surface area contributed by atoms with Gasteiger partial charge in [-0.1, -0.05) is 66.7 Å². The highest BCUT2D eigenvalue weighted by Crippen LogP contribution is 2.14. The Bertz CT molecular complexity index is 815. The van der Waals surface area contributed by atoms with Crippen LogP contribution in [-0.4, -0.2) is 12.2 Å². The third-order valence-corrected chi connectivity index (χ3v) is 3.56. The standard InChI is InChI=1S/C21H18N2O4/c24-20(26-17-12-6-2-7-13-17)22-19(16-10-4-1-5-11-16)23-21(25)27-18-14-8-3-9-15-18/h1-15,19H,(H,22,24)(H,23,25). The lowest BCUT2D eigenvalue weighted by atomic mass is 10.2. The lowest BCUT2D eigenvalue weighted by Crippen LogP contribution is -2.43. The van der Waals surface area contributed by atoms with Crippen LogP contribution in [-0.2, 0) is 0 Å². The van der Waals surface area contributed by atoms with Gasteiger partial charge in [0.15, 0.2) is 0 Å². The van der Waals surface area contributed by atoms with Crippen LogP contribution in [0.15, 0.2) is 91.0 Å². The number of para-hydroxylation sites is 2. The van der Waals surface area contributed by atoms with Crippen molar-refractivity contribution in [2.24, 2.45) is 0 Å². The highest BCUT2D eigenvalue weighted by atomic mass is 16.6. The molecule has 0 aliphatic heterocycles. The number of amides is 2. The molecule has 3 aromatic rings. The normalized spacial score (nSPS) is 10.1. The number of hydrogen-bond donors (Lipinski definition) is 2. The monoisotopic (exact) mass is 362 g/mol. The summed E-state index contributed by atoms with van der Waals surface area (Å²) in [4.78, 5) is 24.4. The summed E-state index contributed by atoms with van der Waals surface area (Å²) in [6, 6.07) is 26.3. The van der Waals surface area contributed by atoms with Gasteiger partial charge in [0.25, 0.3) is 0 Å². The maximum absolute atomic E-state index is 12.2. The number of hydrogen-bond acceptors (Lipinski definition) is 4. The average Bonchev–Trinajstić information content (AvgIpc) is 2.69. The number of carbonyl (C=O) groups is 2. The van der Waals surface area contributed by atoms with Gasteiger partial charge in [-0.2, -0.15) is 0 Å². The molecule has 2 N–H and O–H groups in total. The molecule has 0 atom stereocenters. The summed E-state index contributed by atoms with van der Waals surface area (Å²) in [5.74, 6) is 0.794. The summed E-state index contributed by atoms with van der Waals surface area (Å²) < 4.78 is 10.4. The minimum absolute atomic E-state index is 0.397. The van der Waals surface area contributed by atoms with E-state index < -0.39 is 18.4 Å². The van der Waals surface area contributed by atoms with E-state index in [9.17, 15) is 9.59 Å². The van der Waals surface area contributed by atoms with Crippen LogP contribution < -0.4 is 20.1 Å². The number of benzene rings is 3. The van der Waals surface area contributed by atoms with E-state index in [-0.39, 0.29) is 0 Å². The average molecular weight is 362 g/mol. The molecule has 6 nitrogen and oxygen atoms in total. The van der Waals surface area contributed by atoms with Crippen molar-refractivity contribution in [3.8, 4) is 11.5 Å². The molecule has 0 aliphatic rings. The van der Waals surface area contributed by atoms with Crippen LogP contribution in [0, 0.1) is 0 Å². The molecule has 3 rings (SSSR count). The molecule has 0 saturated heterocycles. The van der Waals surface area contributed by atoms with Crippen LogP contribution in [0.2, 0.25) is 0 Å². The summed E-state index contributed by atoms with van der Waals surface area (Å²) in [6.07, 6.45) is -2.22. The molecule has 0 aromatic heterocycles. The maximum atomic E-state index is 12.2. The number of rotatable bonds is 5. The summed E-state index contributed by atoms with van der Waals surface area (Å²) in [5, 5.41) is 5.25. The SMILES string of the molecule is O=C(NC(NC(=O)Oc1ccccc1)c1ccccc1)Oc1ccccc1. The zero-order valence-corrected chi connectivity index (χ0v) is 14.4. The topological polar surface area (TPSA) is 76.7 Å². The van der Waals surface area contributed by atoms with Gasteiger partial charge in [-0.15, -0.1) is 0 Å². The molecule has 6 heteroatoms. The third kappa shape index (κ3) is 5.61. The van der Waals surface area contributed by atoms with Crippen molar-refractivity contribution in [3.05, 3.63) is 96.6 Å². The molecule has 3 aromatic carbocycles. The number of ether oxygens (including phenoxy) is 2. The van der Waals surface area contributed by atoms with Gasteiger partial charge >= 0.3 is 12.2 Å². The van der Waals surface area contributed by atoms with Gasteiger partial charge in [0.05, 0.1) is 0 Å². The zero-order valence-electron chi connectivity index (χ0n) is 14.4. The maximum Gasteiger partial charge on any atom is 0.414 e. The van der Waals surface area contributed by atoms with Crippen LogP contribution in [0.3, 0.4) is 0 Å². The van der Waals surface area contributed by atoms with Gasteiger partial charge in [0, 0.05) is 0 Å². The van der Waals surface area contributed by atoms with Gasteiger partial charge in [-0.3, -0.25) is 10.6 Å². The fourth-order valence-corrected chi connectivity index (χ4v) is 2.33. The molecule has 0 radical (unpaired) electrons. The largest absolute Gasteiger partial charge is 0.414 e. The molecule has 0 fully saturated rings. The summed E-state index contributed by atoms with van der Waals surface area (Å²) in [6.45, 7) is 0. The predicted molar refractivity (Wildman–Crippen MR) is 100 cm³/mol. The van der Waals surface area contributed by atoms with Gasteiger partial charge in [0.1, 0.15) is 17.7 Å². The summed E-state index contributed by atoms with van der Waals surface area (Å²) in [7, 11) is 0. The summed E-state index contributed by atoms with van der Waals surface area (Å²) in [5.41, 5.74) is 0.674. The molecule has 0 heterocycles. The fraction of sp³-hybridized carbons (Fsp3) is 0.0476. The Morgan fingerprint density at radius 1 is 0.593 bits per heavy atom. The molecule has 27 heavy (non-hydrogen) atoms. The first-order valence-electron chi connectivity index (χ1n) is 8.32. The van der Waals surface area contributed by atoms with Crippen molar-refractivity contribution in [2.75, 3.05) is 0 Å². The molecule has 2 amide bonds. The Morgan fingerprint density at radius 3 is 1.37 bits per heavy atom. The molecule has 0 saturated carbocycles. The first-order chi connectivity index (χ1) is 13.2. The molecule has 136 valence electrons. The Hall–Kier alpha value is -3.80. The Kier molecular flexibility index (Phi) is 6.04. The van der Waals surface area contributed by atoms with E-state index in [4.69, 9.17) is 9.47 Å². The molecular formula is C21H18N2O4. The molecule has 0 bridgehead atoms. The highest BCUT2D eigenvalue weighted by molar-refractivity contribution is 5.74. The number of carbonyl (C=O) groups excluding carboxylic acids is 2. The smallest absolute Gasteiger partial charge is 0.410 e. The van der Waals surface area contributed by atoms with E-state index in [1.165, 1.54) is 0 Å². The van der Waals surface area contributed by atoms with Crippen LogP contribution >= 0.6 is 0 Å².